The van der Waals surface area contributed by atoms with Crippen molar-refractivity contribution in [2.45, 2.75) is 36.3 Å². The Bertz CT molecular complexity index is 623. The Labute approximate surface area is 128 Å². The van der Waals surface area contributed by atoms with E-state index in [0.29, 0.717) is 5.82 Å². The van der Waals surface area contributed by atoms with Gasteiger partial charge in [-0.25, -0.2) is 9.78 Å². The highest BCUT2D eigenvalue weighted by atomic mass is 32.2. The van der Waals surface area contributed by atoms with E-state index in [1.165, 1.54) is 0 Å². The maximum atomic E-state index is 10.8. The van der Waals surface area contributed by atoms with E-state index in [1.807, 2.05) is 29.8 Å². The van der Waals surface area contributed by atoms with E-state index >= 15 is 0 Å². The van der Waals surface area contributed by atoms with E-state index in [0.717, 1.165) is 15.6 Å². The molecule has 1 aromatic heterocycles. The number of benzene rings is 1. The first-order chi connectivity index (χ1) is 9.99. The predicted molar refractivity (Wildman–Crippen MR) is 82.2 cm³/mol. The molecule has 1 aromatic carbocycles. The van der Waals surface area contributed by atoms with E-state index in [-0.39, 0.29) is 12.5 Å². The largest absolute Gasteiger partial charge is 0.442 e. The third-order valence-corrected chi connectivity index (χ3v) is 4.19. The van der Waals surface area contributed by atoms with Gasteiger partial charge in [0.05, 0.1) is 5.69 Å². The maximum absolute atomic E-state index is 10.8. The number of primary amides is 1. The molecule has 6 heteroatoms. The highest BCUT2D eigenvalue weighted by Gasteiger charge is 2.18. The van der Waals surface area contributed by atoms with Gasteiger partial charge >= 0.3 is 6.09 Å². The first kappa shape index (κ1) is 15.4. The average molecular weight is 305 g/mol. The van der Waals surface area contributed by atoms with Crippen molar-refractivity contribution in [2.24, 2.45) is 12.8 Å². The van der Waals surface area contributed by atoms with Crippen molar-refractivity contribution in [2.75, 3.05) is 0 Å². The molecule has 0 bridgehead atoms. The molecule has 0 radical (unpaired) electrons. The van der Waals surface area contributed by atoms with Gasteiger partial charge in [-0.1, -0.05) is 43.8 Å². The minimum absolute atomic E-state index is 0.0842. The minimum Gasteiger partial charge on any atom is -0.442 e. The summed E-state index contributed by atoms with van der Waals surface area (Å²) in [7, 11) is 1.92. The van der Waals surface area contributed by atoms with Gasteiger partial charge in [0, 0.05) is 11.9 Å². The second-order valence-corrected chi connectivity index (χ2v) is 6.02. The summed E-state index contributed by atoms with van der Waals surface area (Å²) >= 11 is 1.65. The molecule has 2 N–H and O–H groups in total. The summed E-state index contributed by atoms with van der Waals surface area (Å²) in [6.07, 6.45) is -0.790. The van der Waals surface area contributed by atoms with Gasteiger partial charge in [-0.2, -0.15) is 0 Å². The second kappa shape index (κ2) is 6.67. The monoisotopic (exact) mass is 305 g/mol. The Hall–Kier alpha value is -1.95. The van der Waals surface area contributed by atoms with Crippen LogP contribution in [0.4, 0.5) is 4.79 Å². The van der Waals surface area contributed by atoms with Crippen LogP contribution < -0.4 is 5.73 Å². The maximum Gasteiger partial charge on any atom is 0.404 e. The van der Waals surface area contributed by atoms with Crippen molar-refractivity contribution >= 4 is 17.9 Å². The minimum atomic E-state index is -0.790. The zero-order chi connectivity index (χ0) is 15.4. The molecule has 0 aliphatic rings. The molecule has 2 rings (SSSR count). The summed E-state index contributed by atoms with van der Waals surface area (Å²) in [6, 6.07) is 10.1. The van der Waals surface area contributed by atoms with Gasteiger partial charge in [0.1, 0.15) is 10.9 Å². The van der Waals surface area contributed by atoms with E-state index in [9.17, 15) is 4.79 Å². The van der Waals surface area contributed by atoms with Crippen LogP contribution in [0, 0.1) is 0 Å². The van der Waals surface area contributed by atoms with E-state index < -0.39 is 6.09 Å². The van der Waals surface area contributed by atoms with E-state index in [1.54, 1.807) is 11.8 Å². The van der Waals surface area contributed by atoms with Gasteiger partial charge in [-0.3, -0.25) is 0 Å². The normalized spacial score (nSPS) is 10.9. The summed E-state index contributed by atoms with van der Waals surface area (Å²) in [5.74, 6) is 0.973. The first-order valence-corrected chi connectivity index (χ1v) is 7.51. The predicted octanol–water partition coefficient (Wildman–Crippen LogP) is 3.29. The number of carbonyl (C=O) groups is 1. The number of ether oxygens (including phenoxy) is 1. The van der Waals surface area contributed by atoms with Crippen molar-refractivity contribution in [3.8, 4) is 0 Å². The van der Waals surface area contributed by atoms with Crippen LogP contribution in [0.15, 0.2) is 40.3 Å². The molecule has 5 nitrogen and oxygen atoms in total. The average Bonchev–Trinajstić information content (AvgIpc) is 2.75. The smallest absolute Gasteiger partial charge is 0.404 e. The highest BCUT2D eigenvalue weighted by Crippen LogP contribution is 2.34. The number of hydrogen-bond donors (Lipinski definition) is 1. The van der Waals surface area contributed by atoms with E-state index in [2.05, 4.69) is 31.0 Å². The van der Waals surface area contributed by atoms with Gasteiger partial charge in [0.25, 0.3) is 0 Å². The molecule has 0 unspecified atom stereocenters. The zero-order valence-corrected chi connectivity index (χ0v) is 13.2. The zero-order valence-electron chi connectivity index (χ0n) is 12.4. The molecule has 0 atom stereocenters. The van der Waals surface area contributed by atoms with Crippen LogP contribution in [0.25, 0.3) is 0 Å². The molecule has 0 saturated carbocycles. The fourth-order valence-electron chi connectivity index (χ4n) is 1.91. The Balaban J connectivity index is 2.31. The lowest BCUT2D eigenvalue weighted by atomic mass is 10.2. The lowest BCUT2D eigenvalue weighted by molar-refractivity contribution is 0.146. The topological polar surface area (TPSA) is 70.1 Å². The van der Waals surface area contributed by atoms with Gasteiger partial charge in [-0.15, -0.1) is 0 Å². The number of aromatic nitrogens is 2. The van der Waals surface area contributed by atoms with Crippen LogP contribution >= 0.6 is 11.8 Å². The number of nitrogens with zero attached hydrogens (tertiary/aromatic N) is 2. The number of imidazole rings is 1. The van der Waals surface area contributed by atoms with Gasteiger partial charge in [-0.05, 0) is 18.1 Å². The molecule has 0 saturated heterocycles. The summed E-state index contributed by atoms with van der Waals surface area (Å²) in [4.78, 5) is 16.5. The number of rotatable bonds is 5. The Kier molecular flexibility index (Phi) is 4.90. The number of carbonyl (C=O) groups excluding carboxylic acids is 1. The molecular formula is C15H19N3O2S. The Morgan fingerprint density at radius 3 is 2.62 bits per heavy atom. The van der Waals surface area contributed by atoms with Gasteiger partial charge < -0.3 is 15.0 Å². The summed E-state index contributed by atoms with van der Waals surface area (Å²) < 4.78 is 6.81. The molecule has 21 heavy (non-hydrogen) atoms. The number of amides is 1. The number of hydrogen-bond acceptors (Lipinski definition) is 4. The van der Waals surface area contributed by atoms with Crippen molar-refractivity contribution < 1.29 is 9.53 Å². The molecule has 112 valence electrons. The number of nitrogens with two attached hydrogens (primary N) is 1. The second-order valence-electron chi connectivity index (χ2n) is 4.95. The molecule has 0 spiro atoms. The van der Waals surface area contributed by atoms with Crippen LogP contribution in [0.2, 0.25) is 0 Å². The van der Waals surface area contributed by atoms with Crippen molar-refractivity contribution in [1.29, 1.82) is 0 Å². The van der Waals surface area contributed by atoms with E-state index in [4.69, 9.17) is 10.5 Å². The first-order valence-electron chi connectivity index (χ1n) is 6.69. The fraction of sp³-hybridized carbons (Fsp3) is 0.333. The van der Waals surface area contributed by atoms with Crippen LogP contribution in [0.3, 0.4) is 0 Å². The molecule has 1 heterocycles. The third kappa shape index (κ3) is 3.78. The highest BCUT2D eigenvalue weighted by molar-refractivity contribution is 7.99. The SMILES string of the molecule is CC(C)c1nc(COC(N)=O)n(C)c1Sc1ccccc1. The molecule has 0 aliphatic carbocycles. The molecular weight excluding hydrogens is 286 g/mol. The van der Waals surface area contributed by atoms with Gasteiger partial charge in [0.2, 0.25) is 0 Å². The quantitative estimate of drug-likeness (QED) is 0.920. The summed E-state index contributed by atoms with van der Waals surface area (Å²) in [5, 5.41) is 1.05. The van der Waals surface area contributed by atoms with Crippen LogP contribution in [0.1, 0.15) is 31.3 Å². The lowest BCUT2D eigenvalue weighted by Crippen LogP contribution is -2.14. The third-order valence-electron chi connectivity index (χ3n) is 3.01. The lowest BCUT2D eigenvalue weighted by Gasteiger charge is -2.08. The van der Waals surface area contributed by atoms with Crippen molar-refractivity contribution in [3.63, 3.8) is 0 Å². The van der Waals surface area contributed by atoms with Crippen LogP contribution in [-0.2, 0) is 18.4 Å². The Morgan fingerprint density at radius 2 is 2.05 bits per heavy atom. The van der Waals surface area contributed by atoms with Crippen LogP contribution in [0.5, 0.6) is 0 Å². The standard InChI is InChI=1S/C15H19N3O2S/c1-10(2)13-14(21-11-7-5-4-6-8-11)18(3)12(17-13)9-20-15(16)19/h4-8,10H,9H2,1-3H3,(H2,16,19). The fourth-order valence-corrected chi connectivity index (χ4v) is 3.06. The molecule has 0 aliphatic heterocycles. The summed E-state index contributed by atoms with van der Waals surface area (Å²) in [6.45, 7) is 4.27. The van der Waals surface area contributed by atoms with Crippen molar-refractivity contribution in [1.82, 2.24) is 9.55 Å². The Morgan fingerprint density at radius 1 is 1.38 bits per heavy atom. The molecule has 2 aromatic rings. The molecule has 0 fully saturated rings. The van der Waals surface area contributed by atoms with Crippen LogP contribution in [-0.4, -0.2) is 15.6 Å². The van der Waals surface area contributed by atoms with Gasteiger partial charge in [0.15, 0.2) is 6.61 Å². The van der Waals surface area contributed by atoms with Crippen molar-refractivity contribution in [3.05, 3.63) is 41.9 Å². The summed E-state index contributed by atoms with van der Waals surface area (Å²) in [5.41, 5.74) is 6.01. The molecule has 1 amide bonds.